The summed E-state index contributed by atoms with van der Waals surface area (Å²) in [6.07, 6.45) is 7.12. The van der Waals surface area contributed by atoms with Gasteiger partial charge in [-0.1, -0.05) is 11.6 Å². The third kappa shape index (κ3) is 5.14. The molecule has 1 aromatic carbocycles. The van der Waals surface area contributed by atoms with Crippen LogP contribution in [0.4, 0.5) is 10.6 Å². The van der Waals surface area contributed by atoms with Gasteiger partial charge in [0.25, 0.3) is 5.91 Å². The lowest BCUT2D eigenvalue weighted by Gasteiger charge is -2.44. The Morgan fingerprint density at radius 3 is 2.58 bits per heavy atom. The first-order valence-corrected chi connectivity index (χ1v) is 11.5. The van der Waals surface area contributed by atoms with Crippen molar-refractivity contribution in [2.75, 3.05) is 31.5 Å². The van der Waals surface area contributed by atoms with Gasteiger partial charge in [0, 0.05) is 31.0 Å². The Hall–Kier alpha value is -3.06. The summed E-state index contributed by atoms with van der Waals surface area (Å²) in [5, 5.41) is 15.2. The Kier molecular flexibility index (Phi) is 7.18. The standard InChI is InChI=1S/C23H25ClN6O3/c24-16-4-5-20(19(12-16)22(31)29-21-15-27-17(13-25)14-28-21)33-23(32)30(10-2-1-3-11-30)18-6-8-26-9-7-18/h4-5,12,14-15,18,26H,1-3,6-11H2/p+1. The molecule has 2 aliphatic rings. The highest BCUT2D eigenvalue weighted by atomic mass is 35.5. The lowest BCUT2D eigenvalue weighted by atomic mass is 9.97. The van der Waals surface area contributed by atoms with Gasteiger partial charge in [0.15, 0.2) is 11.5 Å². The van der Waals surface area contributed by atoms with Crippen LogP contribution in [-0.4, -0.2) is 58.7 Å². The summed E-state index contributed by atoms with van der Waals surface area (Å²) in [4.78, 5) is 34.5. The van der Waals surface area contributed by atoms with Crippen molar-refractivity contribution in [2.24, 2.45) is 0 Å². The maximum Gasteiger partial charge on any atom is 0.521 e. The number of ether oxygens (including phenoxy) is 1. The second-order valence-electron chi connectivity index (χ2n) is 8.38. The minimum atomic E-state index is -0.536. The summed E-state index contributed by atoms with van der Waals surface area (Å²) < 4.78 is 6.20. The van der Waals surface area contributed by atoms with Crippen LogP contribution >= 0.6 is 11.6 Å². The van der Waals surface area contributed by atoms with Gasteiger partial charge in [0.2, 0.25) is 0 Å². The number of nitrogens with one attached hydrogen (secondary N) is 2. The van der Waals surface area contributed by atoms with E-state index in [0.717, 1.165) is 58.3 Å². The molecule has 2 amide bonds. The summed E-state index contributed by atoms with van der Waals surface area (Å²) in [6, 6.07) is 6.67. The molecule has 0 atom stereocenters. The largest absolute Gasteiger partial charge is 0.521 e. The van der Waals surface area contributed by atoms with Crippen molar-refractivity contribution in [2.45, 2.75) is 38.1 Å². The highest BCUT2D eigenvalue weighted by Gasteiger charge is 2.47. The number of hydrogen-bond acceptors (Lipinski definition) is 7. The number of anilines is 1. The van der Waals surface area contributed by atoms with Gasteiger partial charge in [0.1, 0.15) is 17.9 Å². The average Bonchev–Trinajstić information content (AvgIpc) is 2.86. The van der Waals surface area contributed by atoms with E-state index in [2.05, 4.69) is 20.6 Å². The number of likely N-dealkylation sites (tertiary alicyclic amines) is 1. The molecule has 0 bridgehead atoms. The molecule has 2 aliphatic heterocycles. The van der Waals surface area contributed by atoms with Gasteiger partial charge >= 0.3 is 6.09 Å². The second kappa shape index (κ2) is 10.3. The van der Waals surface area contributed by atoms with Crippen molar-refractivity contribution in [3.63, 3.8) is 0 Å². The molecule has 3 heterocycles. The second-order valence-corrected chi connectivity index (χ2v) is 8.82. The molecule has 2 N–H and O–H groups in total. The smallest absolute Gasteiger partial charge is 0.380 e. The first kappa shape index (κ1) is 23.1. The zero-order valence-corrected chi connectivity index (χ0v) is 19.0. The van der Waals surface area contributed by atoms with Crippen molar-refractivity contribution in [3.8, 4) is 11.8 Å². The van der Waals surface area contributed by atoms with Crippen LogP contribution in [0.2, 0.25) is 5.02 Å². The van der Waals surface area contributed by atoms with Gasteiger partial charge in [-0.25, -0.2) is 14.5 Å². The number of piperidine rings is 2. The van der Waals surface area contributed by atoms with Crippen molar-refractivity contribution in [1.29, 1.82) is 5.26 Å². The number of halogens is 1. The fourth-order valence-corrected chi connectivity index (χ4v) is 4.83. The average molecular weight is 470 g/mol. The lowest BCUT2D eigenvalue weighted by Crippen LogP contribution is -2.64. The van der Waals surface area contributed by atoms with E-state index >= 15 is 0 Å². The van der Waals surface area contributed by atoms with E-state index < -0.39 is 5.91 Å². The minimum absolute atomic E-state index is 0.127. The molecule has 0 aliphatic carbocycles. The van der Waals surface area contributed by atoms with Crippen molar-refractivity contribution < 1.29 is 18.8 Å². The van der Waals surface area contributed by atoms with Crippen LogP contribution in [0, 0.1) is 11.3 Å². The summed E-state index contributed by atoms with van der Waals surface area (Å²) in [5.41, 5.74) is 0.265. The van der Waals surface area contributed by atoms with E-state index in [9.17, 15) is 9.59 Å². The predicted molar refractivity (Wildman–Crippen MR) is 122 cm³/mol. The molecular weight excluding hydrogens is 444 g/mol. The van der Waals surface area contributed by atoms with E-state index in [-0.39, 0.29) is 35.0 Å². The van der Waals surface area contributed by atoms with Gasteiger partial charge in [-0.2, -0.15) is 10.1 Å². The number of carbonyl (C=O) groups excluding carboxylic acids is 2. The number of rotatable bonds is 4. The van der Waals surface area contributed by atoms with Gasteiger partial charge in [0.05, 0.1) is 31.0 Å². The number of aromatic nitrogens is 2. The SMILES string of the molecule is N#Cc1cnc(NC(=O)c2cc(Cl)ccc2OC(=O)[N+]2(C3CCNCC3)CCCCC2)cn1. The summed E-state index contributed by atoms with van der Waals surface area (Å²) in [7, 11) is 0. The highest BCUT2D eigenvalue weighted by Crippen LogP contribution is 2.31. The molecule has 2 fully saturated rings. The number of hydrogen-bond donors (Lipinski definition) is 2. The molecule has 33 heavy (non-hydrogen) atoms. The van der Waals surface area contributed by atoms with Crippen molar-refractivity contribution >= 4 is 29.4 Å². The number of carbonyl (C=O) groups is 2. The van der Waals surface area contributed by atoms with E-state index in [1.807, 2.05) is 6.07 Å². The maximum absolute atomic E-state index is 13.6. The maximum atomic E-state index is 13.6. The highest BCUT2D eigenvalue weighted by molar-refractivity contribution is 6.31. The molecule has 0 unspecified atom stereocenters. The lowest BCUT2D eigenvalue weighted by molar-refractivity contribution is -0.887. The number of nitriles is 1. The van der Waals surface area contributed by atoms with Crippen LogP contribution in [0.25, 0.3) is 0 Å². The van der Waals surface area contributed by atoms with Gasteiger partial charge in [-0.3, -0.25) is 4.79 Å². The number of amides is 2. The summed E-state index contributed by atoms with van der Waals surface area (Å²) in [5.74, 6) is -0.211. The third-order valence-corrected chi connectivity index (χ3v) is 6.61. The molecule has 0 saturated carbocycles. The molecule has 172 valence electrons. The van der Waals surface area contributed by atoms with Gasteiger partial charge < -0.3 is 15.4 Å². The zero-order chi connectivity index (χ0) is 23.3. The third-order valence-electron chi connectivity index (χ3n) is 6.38. The van der Waals surface area contributed by atoms with Crippen LogP contribution in [0.15, 0.2) is 30.6 Å². The number of nitrogens with zero attached hydrogens (tertiary/aromatic N) is 4. The Bertz CT molecular complexity index is 1060. The molecule has 2 saturated heterocycles. The first-order valence-electron chi connectivity index (χ1n) is 11.1. The number of quaternary nitrogens is 1. The Balaban J connectivity index is 1.57. The normalized spacial score (nSPS) is 18.2. The molecular formula is C23H26ClN6O3+. The van der Waals surface area contributed by atoms with E-state index in [1.165, 1.54) is 18.5 Å². The van der Waals surface area contributed by atoms with Crippen LogP contribution in [-0.2, 0) is 0 Å². The van der Waals surface area contributed by atoms with Gasteiger partial charge in [-0.15, -0.1) is 0 Å². The first-order chi connectivity index (χ1) is 16.0. The van der Waals surface area contributed by atoms with E-state index in [1.54, 1.807) is 12.1 Å². The Labute approximate surface area is 197 Å². The van der Waals surface area contributed by atoms with Gasteiger partial charge in [-0.05, 0) is 37.5 Å². The zero-order valence-electron chi connectivity index (χ0n) is 18.2. The van der Waals surface area contributed by atoms with Crippen molar-refractivity contribution in [1.82, 2.24) is 15.3 Å². The van der Waals surface area contributed by atoms with Crippen molar-refractivity contribution in [3.05, 3.63) is 46.9 Å². The predicted octanol–water partition coefficient (Wildman–Crippen LogP) is 3.51. The quantitative estimate of drug-likeness (QED) is 0.658. The van der Waals surface area contributed by atoms with Crippen LogP contribution in [0.5, 0.6) is 5.75 Å². The van der Waals surface area contributed by atoms with Crippen LogP contribution < -0.4 is 15.4 Å². The molecule has 2 aromatic rings. The molecule has 10 heteroatoms. The molecule has 4 rings (SSSR count). The summed E-state index contributed by atoms with van der Waals surface area (Å²) >= 11 is 6.14. The van der Waals surface area contributed by atoms with Crippen LogP contribution in [0.3, 0.4) is 0 Å². The van der Waals surface area contributed by atoms with E-state index in [0.29, 0.717) is 9.51 Å². The molecule has 0 radical (unpaired) electrons. The fourth-order valence-electron chi connectivity index (χ4n) is 4.66. The minimum Gasteiger partial charge on any atom is -0.380 e. The molecule has 0 spiro atoms. The molecule has 1 aromatic heterocycles. The Morgan fingerprint density at radius 2 is 1.91 bits per heavy atom. The monoisotopic (exact) mass is 469 g/mol. The fraction of sp³-hybridized carbons (Fsp3) is 0.435. The Morgan fingerprint density at radius 1 is 1.15 bits per heavy atom. The summed E-state index contributed by atoms with van der Waals surface area (Å²) in [6.45, 7) is 3.27. The number of benzene rings is 1. The molecule has 9 nitrogen and oxygen atoms in total. The topological polar surface area (TPSA) is 117 Å². The van der Waals surface area contributed by atoms with Crippen LogP contribution in [0.1, 0.15) is 48.2 Å². The van der Waals surface area contributed by atoms with E-state index in [4.69, 9.17) is 21.6 Å².